The Morgan fingerprint density at radius 1 is 1.43 bits per heavy atom. The molecule has 0 aliphatic carbocycles. The van der Waals surface area contributed by atoms with Crippen molar-refractivity contribution >= 4 is 35.0 Å². The van der Waals surface area contributed by atoms with Crippen LogP contribution in [-0.2, 0) is 4.79 Å². The minimum absolute atomic E-state index is 0.115. The van der Waals surface area contributed by atoms with Crippen LogP contribution in [-0.4, -0.2) is 35.4 Å². The Hall–Kier alpha value is -1.27. The van der Waals surface area contributed by atoms with Gasteiger partial charge in [-0.3, -0.25) is 4.79 Å². The zero-order valence-corrected chi connectivity index (χ0v) is 13.1. The van der Waals surface area contributed by atoms with Gasteiger partial charge in [-0.2, -0.15) is 0 Å². The molecule has 1 aliphatic rings. The predicted octanol–water partition coefficient (Wildman–Crippen LogP) is 3.47. The van der Waals surface area contributed by atoms with E-state index < -0.39 is 17.0 Å². The van der Waals surface area contributed by atoms with Gasteiger partial charge in [-0.15, -0.1) is 23.4 Å². The van der Waals surface area contributed by atoms with Gasteiger partial charge < -0.3 is 9.64 Å². The first-order valence-corrected chi connectivity index (χ1v) is 8.01. The standard InChI is InChI=1S/C14H14ClF2NO2S/c1-18-12(4-3-9(15)14(18)19)13-10(16)5-8(6-11(13)17)20-7-21-2/h4-6,9H,3,7H2,1-2H3. The lowest BCUT2D eigenvalue weighted by Gasteiger charge is -2.28. The number of alkyl halides is 1. The molecule has 0 saturated carbocycles. The molecule has 1 heterocycles. The van der Waals surface area contributed by atoms with E-state index in [2.05, 4.69) is 0 Å². The van der Waals surface area contributed by atoms with Gasteiger partial charge in [-0.1, -0.05) is 6.08 Å². The fourth-order valence-corrected chi connectivity index (χ4v) is 2.55. The van der Waals surface area contributed by atoms with Crippen LogP contribution in [0.1, 0.15) is 12.0 Å². The van der Waals surface area contributed by atoms with Crippen molar-refractivity contribution < 1.29 is 18.3 Å². The van der Waals surface area contributed by atoms with Gasteiger partial charge in [0, 0.05) is 19.2 Å². The monoisotopic (exact) mass is 333 g/mol. The van der Waals surface area contributed by atoms with Crippen molar-refractivity contribution in [3.05, 3.63) is 35.4 Å². The molecule has 7 heteroatoms. The molecule has 1 aromatic rings. The van der Waals surface area contributed by atoms with Crippen molar-refractivity contribution in [1.29, 1.82) is 0 Å². The summed E-state index contributed by atoms with van der Waals surface area (Å²) in [4.78, 5) is 13.0. The lowest BCUT2D eigenvalue weighted by atomic mass is 10.0. The molecule has 1 atom stereocenters. The maximum Gasteiger partial charge on any atom is 0.245 e. The molecule has 0 spiro atoms. The summed E-state index contributed by atoms with van der Waals surface area (Å²) < 4.78 is 33.5. The molecule has 1 aliphatic heterocycles. The molecular formula is C14H14ClF2NO2S. The van der Waals surface area contributed by atoms with E-state index in [1.54, 1.807) is 6.08 Å². The van der Waals surface area contributed by atoms with Crippen LogP contribution >= 0.6 is 23.4 Å². The van der Waals surface area contributed by atoms with E-state index >= 15 is 0 Å². The number of thioether (sulfide) groups is 1. The number of halogens is 3. The van der Waals surface area contributed by atoms with Crippen molar-refractivity contribution in [3.8, 4) is 5.75 Å². The summed E-state index contributed by atoms with van der Waals surface area (Å²) in [6.07, 6.45) is 3.61. The predicted molar refractivity (Wildman–Crippen MR) is 80.4 cm³/mol. The summed E-state index contributed by atoms with van der Waals surface area (Å²) in [7, 11) is 1.44. The quantitative estimate of drug-likeness (QED) is 0.624. The lowest BCUT2D eigenvalue weighted by Crippen LogP contribution is -2.36. The molecule has 0 saturated heterocycles. The van der Waals surface area contributed by atoms with E-state index in [0.717, 1.165) is 12.1 Å². The second kappa shape index (κ2) is 6.66. The number of amides is 1. The Morgan fingerprint density at radius 2 is 2.05 bits per heavy atom. The van der Waals surface area contributed by atoms with Crippen LogP contribution in [0.15, 0.2) is 18.2 Å². The van der Waals surface area contributed by atoms with Crippen LogP contribution in [0.25, 0.3) is 5.70 Å². The molecule has 0 radical (unpaired) electrons. The molecule has 0 aromatic heterocycles. The first kappa shape index (κ1) is 16.1. The maximum atomic E-state index is 14.2. The van der Waals surface area contributed by atoms with Gasteiger partial charge in [0.25, 0.3) is 0 Å². The zero-order valence-electron chi connectivity index (χ0n) is 11.5. The molecule has 0 bridgehead atoms. The Labute approximate surface area is 130 Å². The summed E-state index contributed by atoms with van der Waals surface area (Å²) in [6.45, 7) is 0. The highest BCUT2D eigenvalue weighted by atomic mass is 35.5. The van der Waals surface area contributed by atoms with Crippen LogP contribution in [0.5, 0.6) is 5.75 Å². The van der Waals surface area contributed by atoms with Gasteiger partial charge in [-0.05, 0) is 12.7 Å². The molecular weight excluding hydrogens is 320 g/mol. The minimum Gasteiger partial charge on any atom is -0.483 e. The highest BCUT2D eigenvalue weighted by molar-refractivity contribution is 7.98. The topological polar surface area (TPSA) is 29.5 Å². The van der Waals surface area contributed by atoms with Crippen LogP contribution in [0.4, 0.5) is 8.78 Å². The van der Waals surface area contributed by atoms with E-state index in [1.807, 2.05) is 6.26 Å². The number of hydrogen-bond donors (Lipinski definition) is 0. The average molecular weight is 334 g/mol. The average Bonchev–Trinajstić information content (AvgIpc) is 2.44. The number of hydrogen-bond acceptors (Lipinski definition) is 3. The Balaban J connectivity index is 2.38. The van der Waals surface area contributed by atoms with E-state index in [1.165, 1.54) is 23.7 Å². The normalized spacial score (nSPS) is 18.7. The van der Waals surface area contributed by atoms with Crippen molar-refractivity contribution in [1.82, 2.24) is 4.90 Å². The van der Waals surface area contributed by atoms with Crippen LogP contribution in [0.3, 0.4) is 0 Å². The largest absolute Gasteiger partial charge is 0.483 e. The first-order valence-electron chi connectivity index (χ1n) is 6.18. The molecule has 0 N–H and O–H groups in total. The van der Waals surface area contributed by atoms with Crippen LogP contribution < -0.4 is 4.74 Å². The summed E-state index contributed by atoms with van der Waals surface area (Å²) in [6, 6.07) is 2.22. The zero-order chi connectivity index (χ0) is 15.6. The van der Waals surface area contributed by atoms with Gasteiger partial charge in [0.15, 0.2) is 0 Å². The second-order valence-electron chi connectivity index (χ2n) is 4.50. The van der Waals surface area contributed by atoms with Crippen molar-refractivity contribution in [2.75, 3.05) is 19.2 Å². The van der Waals surface area contributed by atoms with Gasteiger partial charge >= 0.3 is 0 Å². The third kappa shape index (κ3) is 3.32. The molecule has 21 heavy (non-hydrogen) atoms. The van der Waals surface area contributed by atoms with Crippen molar-refractivity contribution in [2.24, 2.45) is 0 Å². The van der Waals surface area contributed by atoms with Crippen LogP contribution in [0.2, 0.25) is 0 Å². The molecule has 3 nitrogen and oxygen atoms in total. The van der Waals surface area contributed by atoms with E-state index in [9.17, 15) is 13.6 Å². The minimum atomic E-state index is -0.773. The van der Waals surface area contributed by atoms with Crippen molar-refractivity contribution in [2.45, 2.75) is 11.8 Å². The Kier molecular flexibility index (Phi) is 5.11. The summed E-state index contributed by atoms with van der Waals surface area (Å²) in [5.41, 5.74) is -0.0609. The van der Waals surface area contributed by atoms with Crippen molar-refractivity contribution in [3.63, 3.8) is 0 Å². The molecule has 1 amide bonds. The molecule has 0 fully saturated rings. The number of allylic oxidation sites excluding steroid dienone is 1. The second-order valence-corrected chi connectivity index (χ2v) is 5.84. The number of benzene rings is 1. The van der Waals surface area contributed by atoms with E-state index in [-0.39, 0.29) is 29.3 Å². The number of carbonyl (C=O) groups excluding carboxylic acids is 1. The highest BCUT2D eigenvalue weighted by Crippen LogP contribution is 2.32. The molecule has 1 aromatic carbocycles. The number of ether oxygens (including phenoxy) is 1. The maximum absolute atomic E-state index is 14.2. The van der Waals surface area contributed by atoms with E-state index in [4.69, 9.17) is 16.3 Å². The lowest BCUT2D eigenvalue weighted by molar-refractivity contribution is -0.126. The molecule has 1 unspecified atom stereocenters. The highest BCUT2D eigenvalue weighted by Gasteiger charge is 2.30. The van der Waals surface area contributed by atoms with Crippen LogP contribution in [0, 0.1) is 11.6 Å². The smallest absolute Gasteiger partial charge is 0.245 e. The van der Waals surface area contributed by atoms with Gasteiger partial charge in [0.1, 0.15) is 28.7 Å². The fraction of sp³-hybridized carbons (Fsp3) is 0.357. The van der Waals surface area contributed by atoms with E-state index in [0.29, 0.717) is 5.94 Å². The molecule has 114 valence electrons. The number of rotatable bonds is 4. The van der Waals surface area contributed by atoms with Gasteiger partial charge in [-0.25, -0.2) is 8.78 Å². The fourth-order valence-electron chi connectivity index (χ4n) is 2.06. The Bertz CT molecular complexity index is 571. The third-order valence-corrected chi connectivity index (χ3v) is 3.81. The third-order valence-electron chi connectivity index (χ3n) is 3.09. The van der Waals surface area contributed by atoms with Gasteiger partial charge in [0.2, 0.25) is 5.91 Å². The summed E-state index contributed by atoms with van der Waals surface area (Å²) >= 11 is 7.23. The first-order chi connectivity index (χ1) is 9.95. The SMILES string of the molecule is CSCOc1cc(F)c(C2=CCC(Cl)C(=O)N2C)c(F)c1. The number of nitrogens with zero attached hydrogens (tertiary/aromatic N) is 1. The molecule has 2 rings (SSSR count). The Morgan fingerprint density at radius 3 is 2.62 bits per heavy atom. The summed E-state index contributed by atoms with van der Waals surface area (Å²) in [5, 5.41) is -0.700. The summed E-state index contributed by atoms with van der Waals surface area (Å²) in [5.74, 6) is -1.51. The number of carbonyl (C=O) groups is 1. The van der Waals surface area contributed by atoms with Gasteiger partial charge in [0.05, 0.1) is 11.3 Å².